The van der Waals surface area contributed by atoms with Crippen LogP contribution in [0.15, 0.2) is 0 Å². The van der Waals surface area contributed by atoms with Gasteiger partial charge in [0.25, 0.3) is 0 Å². The van der Waals surface area contributed by atoms with Crippen LogP contribution in [0, 0.1) is 0 Å². The first-order valence-electron chi connectivity index (χ1n) is 26.5. The summed E-state index contributed by atoms with van der Waals surface area (Å²) < 4.78 is 16.8. The maximum atomic E-state index is 12.8. The monoisotopic (exact) mass is 835 g/mol. The van der Waals surface area contributed by atoms with Gasteiger partial charge in [-0.2, -0.15) is 0 Å². The zero-order valence-corrected chi connectivity index (χ0v) is 40.1. The highest BCUT2D eigenvalue weighted by atomic mass is 16.6. The molecule has 0 radical (unpaired) electrons. The van der Waals surface area contributed by atoms with Crippen LogP contribution in [-0.2, 0) is 28.6 Å². The summed E-state index contributed by atoms with van der Waals surface area (Å²) in [4.78, 5) is 37.9. The third-order valence-electron chi connectivity index (χ3n) is 12.1. The summed E-state index contributed by atoms with van der Waals surface area (Å²) in [7, 11) is 0. The Balaban J connectivity index is 4.28. The van der Waals surface area contributed by atoms with Crippen molar-refractivity contribution in [2.45, 2.75) is 309 Å². The third kappa shape index (κ3) is 47.3. The van der Waals surface area contributed by atoms with Crippen LogP contribution in [0.2, 0.25) is 0 Å². The summed E-state index contributed by atoms with van der Waals surface area (Å²) in [6.45, 7) is 6.68. The molecule has 0 N–H and O–H groups in total. The second-order valence-corrected chi connectivity index (χ2v) is 18.2. The Morgan fingerprint density at radius 2 is 0.458 bits per heavy atom. The number of hydrogen-bond donors (Lipinski definition) is 0. The lowest BCUT2D eigenvalue weighted by atomic mass is 10.0. The molecular formula is C53H102O6. The largest absolute Gasteiger partial charge is 0.462 e. The Kier molecular flexibility index (Phi) is 47.7. The topological polar surface area (TPSA) is 78.9 Å². The van der Waals surface area contributed by atoms with Crippen LogP contribution in [0.4, 0.5) is 0 Å². The maximum absolute atomic E-state index is 12.8. The second-order valence-electron chi connectivity index (χ2n) is 18.2. The van der Waals surface area contributed by atoms with Gasteiger partial charge in [-0.3, -0.25) is 14.4 Å². The number of esters is 3. The number of unbranched alkanes of at least 4 members (excludes halogenated alkanes) is 38. The summed E-state index contributed by atoms with van der Waals surface area (Å²) >= 11 is 0. The fourth-order valence-corrected chi connectivity index (χ4v) is 8.09. The number of ether oxygens (including phenoxy) is 3. The average molecular weight is 835 g/mol. The molecule has 350 valence electrons. The summed E-state index contributed by atoms with van der Waals surface area (Å²) in [5.74, 6) is -0.840. The van der Waals surface area contributed by atoms with E-state index in [2.05, 4.69) is 20.8 Å². The predicted octanol–water partition coefficient (Wildman–Crippen LogP) is 17.2. The normalized spacial score (nSPS) is 11.4. The molecular weight excluding hydrogens is 733 g/mol. The summed E-state index contributed by atoms with van der Waals surface area (Å²) in [5, 5.41) is 0. The Bertz CT molecular complexity index is 830. The Hall–Kier alpha value is -1.59. The molecule has 0 saturated carbocycles. The highest BCUT2D eigenvalue weighted by Crippen LogP contribution is 2.17. The van der Waals surface area contributed by atoms with Gasteiger partial charge in [0.1, 0.15) is 13.2 Å². The molecule has 0 bridgehead atoms. The SMILES string of the molecule is CCCCCCCCCCCCCCCCCCCC(=O)OC(COC(=O)CCCCCCCCCCCCCC)COC(=O)CCCCCCCCCCCCCC. The minimum Gasteiger partial charge on any atom is -0.462 e. The van der Waals surface area contributed by atoms with Crippen LogP contribution < -0.4 is 0 Å². The molecule has 0 aliphatic rings. The van der Waals surface area contributed by atoms with E-state index in [0.29, 0.717) is 19.3 Å². The second kappa shape index (κ2) is 49.1. The number of hydrogen-bond acceptors (Lipinski definition) is 6. The van der Waals surface area contributed by atoms with Crippen molar-refractivity contribution in [2.24, 2.45) is 0 Å². The van der Waals surface area contributed by atoms with Crippen LogP contribution in [-0.4, -0.2) is 37.2 Å². The van der Waals surface area contributed by atoms with Crippen molar-refractivity contribution in [3.8, 4) is 0 Å². The van der Waals surface area contributed by atoms with E-state index in [1.54, 1.807) is 0 Å². The lowest BCUT2D eigenvalue weighted by molar-refractivity contribution is -0.167. The van der Waals surface area contributed by atoms with E-state index in [1.807, 2.05) is 0 Å². The fourth-order valence-electron chi connectivity index (χ4n) is 8.09. The van der Waals surface area contributed by atoms with Gasteiger partial charge in [-0.05, 0) is 19.3 Å². The standard InChI is InChI=1S/C53H102O6/c1-4-7-10-13-16-19-22-25-26-27-28-29-32-35-38-41-44-47-53(56)59-50(48-57-51(54)45-42-39-36-33-30-23-20-17-14-11-8-5-2)49-58-52(55)46-43-40-37-34-31-24-21-18-15-12-9-6-3/h50H,4-49H2,1-3H3. The van der Waals surface area contributed by atoms with Crippen LogP contribution >= 0.6 is 0 Å². The van der Waals surface area contributed by atoms with E-state index < -0.39 is 6.10 Å². The molecule has 59 heavy (non-hydrogen) atoms. The van der Waals surface area contributed by atoms with Crippen molar-refractivity contribution in [1.82, 2.24) is 0 Å². The van der Waals surface area contributed by atoms with Gasteiger partial charge < -0.3 is 14.2 Å². The summed E-state index contributed by atoms with van der Waals surface area (Å²) in [5.41, 5.74) is 0. The van der Waals surface area contributed by atoms with Gasteiger partial charge in [-0.1, -0.05) is 265 Å². The molecule has 0 unspecified atom stereocenters. The highest BCUT2D eigenvalue weighted by Gasteiger charge is 2.19. The van der Waals surface area contributed by atoms with Gasteiger partial charge in [-0.15, -0.1) is 0 Å². The maximum Gasteiger partial charge on any atom is 0.306 e. The first-order valence-corrected chi connectivity index (χ1v) is 26.5. The quantitative estimate of drug-likeness (QED) is 0.0345. The molecule has 0 aromatic rings. The molecule has 6 nitrogen and oxygen atoms in total. The first-order chi connectivity index (χ1) is 29.0. The van der Waals surface area contributed by atoms with Gasteiger partial charge in [0, 0.05) is 19.3 Å². The van der Waals surface area contributed by atoms with E-state index in [-0.39, 0.29) is 31.1 Å². The highest BCUT2D eigenvalue weighted by molar-refractivity contribution is 5.71. The summed E-state index contributed by atoms with van der Waals surface area (Å²) in [6, 6.07) is 0. The molecule has 0 rings (SSSR count). The Labute approximate surface area is 368 Å². The molecule has 0 aromatic carbocycles. The molecule has 6 heteroatoms. The smallest absolute Gasteiger partial charge is 0.306 e. The van der Waals surface area contributed by atoms with Crippen molar-refractivity contribution >= 4 is 17.9 Å². The Morgan fingerprint density at radius 3 is 0.678 bits per heavy atom. The van der Waals surface area contributed by atoms with Crippen molar-refractivity contribution < 1.29 is 28.6 Å². The van der Waals surface area contributed by atoms with E-state index in [4.69, 9.17) is 14.2 Å². The first kappa shape index (κ1) is 57.4. The minimum absolute atomic E-state index is 0.0617. The number of rotatable bonds is 49. The van der Waals surface area contributed by atoms with Crippen molar-refractivity contribution in [3.05, 3.63) is 0 Å². The molecule has 0 heterocycles. The molecule has 0 amide bonds. The molecule has 0 saturated heterocycles. The minimum atomic E-state index is -0.759. The van der Waals surface area contributed by atoms with Crippen LogP contribution in [0.3, 0.4) is 0 Å². The molecule has 0 fully saturated rings. The molecule has 0 aliphatic carbocycles. The molecule has 0 aromatic heterocycles. The van der Waals surface area contributed by atoms with Crippen LogP contribution in [0.5, 0.6) is 0 Å². The van der Waals surface area contributed by atoms with Gasteiger partial charge in [0.2, 0.25) is 0 Å². The zero-order chi connectivity index (χ0) is 43.0. The van der Waals surface area contributed by atoms with Crippen LogP contribution in [0.1, 0.15) is 303 Å². The van der Waals surface area contributed by atoms with Crippen LogP contribution in [0.25, 0.3) is 0 Å². The molecule has 0 aliphatic heterocycles. The van der Waals surface area contributed by atoms with Crippen molar-refractivity contribution in [1.29, 1.82) is 0 Å². The van der Waals surface area contributed by atoms with E-state index >= 15 is 0 Å². The van der Waals surface area contributed by atoms with Gasteiger partial charge in [-0.25, -0.2) is 0 Å². The van der Waals surface area contributed by atoms with Crippen molar-refractivity contribution in [3.63, 3.8) is 0 Å². The third-order valence-corrected chi connectivity index (χ3v) is 12.1. The van der Waals surface area contributed by atoms with Crippen molar-refractivity contribution in [2.75, 3.05) is 13.2 Å². The van der Waals surface area contributed by atoms with Gasteiger partial charge in [0.05, 0.1) is 0 Å². The van der Waals surface area contributed by atoms with E-state index in [9.17, 15) is 14.4 Å². The number of carbonyl (C=O) groups is 3. The predicted molar refractivity (Wildman–Crippen MR) is 252 cm³/mol. The Morgan fingerprint density at radius 1 is 0.271 bits per heavy atom. The summed E-state index contributed by atoms with van der Waals surface area (Å²) in [6.07, 6.45) is 52.2. The lowest BCUT2D eigenvalue weighted by Crippen LogP contribution is -2.30. The zero-order valence-electron chi connectivity index (χ0n) is 40.1. The van der Waals surface area contributed by atoms with Gasteiger partial charge >= 0.3 is 17.9 Å². The van der Waals surface area contributed by atoms with E-state index in [1.165, 1.54) is 205 Å². The average Bonchev–Trinajstić information content (AvgIpc) is 3.23. The fraction of sp³-hybridized carbons (Fsp3) is 0.943. The molecule has 0 spiro atoms. The van der Waals surface area contributed by atoms with E-state index in [0.717, 1.165) is 57.8 Å². The van der Waals surface area contributed by atoms with Gasteiger partial charge in [0.15, 0.2) is 6.10 Å². The molecule has 0 atom stereocenters. The lowest BCUT2D eigenvalue weighted by Gasteiger charge is -2.18. The number of carbonyl (C=O) groups excluding carboxylic acids is 3.